The molecule has 0 aliphatic carbocycles. The highest BCUT2D eigenvalue weighted by Gasteiger charge is 2.39. The zero-order valence-electron chi connectivity index (χ0n) is 17.0. The number of phenols is 1. The minimum absolute atomic E-state index is 0. The van der Waals surface area contributed by atoms with Gasteiger partial charge in [-0.2, -0.15) is 0 Å². The molecule has 1 atom stereocenters. The van der Waals surface area contributed by atoms with Crippen LogP contribution in [0.4, 0.5) is 0 Å². The highest BCUT2D eigenvalue weighted by Crippen LogP contribution is 2.43. The summed E-state index contributed by atoms with van der Waals surface area (Å²) in [5.74, 6) is -0.229. The van der Waals surface area contributed by atoms with E-state index in [0.717, 1.165) is 11.1 Å². The number of nitrogens with two attached hydrogens (primary N) is 1. The van der Waals surface area contributed by atoms with E-state index in [9.17, 15) is 9.90 Å². The second-order valence-corrected chi connectivity index (χ2v) is 9.15. The summed E-state index contributed by atoms with van der Waals surface area (Å²) >= 11 is 0. The molecule has 4 nitrogen and oxygen atoms in total. The minimum atomic E-state index is -0.947. The highest BCUT2D eigenvalue weighted by atomic mass is 35.5. The van der Waals surface area contributed by atoms with E-state index >= 15 is 0 Å². The van der Waals surface area contributed by atoms with Crippen LogP contribution in [-0.4, -0.2) is 18.2 Å². The van der Waals surface area contributed by atoms with Crippen molar-refractivity contribution in [3.63, 3.8) is 0 Å². The number of ether oxygens (including phenoxy) is 1. The molecule has 1 rings (SSSR count). The van der Waals surface area contributed by atoms with Crippen molar-refractivity contribution in [1.82, 2.24) is 0 Å². The number of carbonyl (C=O) groups excluding carboxylic acids is 1. The van der Waals surface area contributed by atoms with Gasteiger partial charge in [-0.1, -0.05) is 47.6 Å². The van der Waals surface area contributed by atoms with Gasteiger partial charge in [0.15, 0.2) is 0 Å². The molecule has 0 aromatic heterocycles. The summed E-state index contributed by atoms with van der Waals surface area (Å²) in [6.45, 7) is 16.0. The quantitative estimate of drug-likeness (QED) is 0.761. The average Bonchev–Trinajstić information content (AvgIpc) is 2.43. The Bertz CT molecular complexity index is 625. The number of hydrogen-bond acceptors (Lipinski definition) is 4. The zero-order chi connectivity index (χ0) is 19.1. The lowest BCUT2D eigenvalue weighted by atomic mass is 9.74. The van der Waals surface area contributed by atoms with Crippen LogP contribution in [0.3, 0.4) is 0 Å². The normalized spacial score (nSPS) is 13.8. The summed E-state index contributed by atoms with van der Waals surface area (Å²) in [5, 5.41) is 10.9. The topological polar surface area (TPSA) is 72.5 Å². The third-order valence-corrected chi connectivity index (χ3v) is 4.64. The summed E-state index contributed by atoms with van der Waals surface area (Å²) < 4.78 is 4.89. The summed E-state index contributed by atoms with van der Waals surface area (Å²) in [5.41, 5.74) is 7.63. The van der Waals surface area contributed by atoms with E-state index in [1.807, 2.05) is 12.1 Å². The van der Waals surface area contributed by atoms with Crippen LogP contribution >= 0.6 is 12.4 Å². The third kappa shape index (κ3) is 4.89. The first-order chi connectivity index (χ1) is 10.6. The molecule has 1 aromatic rings. The lowest BCUT2D eigenvalue weighted by Crippen LogP contribution is -2.37. The smallest absolute Gasteiger partial charge is 0.313 e. The predicted octanol–water partition coefficient (Wildman–Crippen LogP) is 4.61. The Labute approximate surface area is 158 Å². The number of aromatic hydroxyl groups is 1. The van der Waals surface area contributed by atoms with Gasteiger partial charge in [0.05, 0.1) is 12.5 Å². The van der Waals surface area contributed by atoms with E-state index in [1.165, 1.54) is 7.11 Å². The van der Waals surface area contributed by atoms with Crippen molar-refractivity contribution in [3.8, 4) is 5.75 Å². The van der Waals surface area contributed by atoms with Crippen LogP contribution in [0, 0.1) is 5.41 Å². The van der Waals surface area contributed by atoms with Gasteiger partial charge in [0.1, 0.15) is 5.75 Å². The number of esters is 1. The lowest BCUT2D eigenvalue weighted by molar-refractivity contribution is -0.152. The van der Waals surface area contributed by atoms with Gasteiger partial charge in [-0.25, -0.2) is 0 Å². The van der Waals surface area contributed by atoms with Crippen LogP contribution in [0.15, 0.2) is 12.1 Å². The molecule has 0 spiro atoms. The number of carbonyl (C=O) groups is 1. The third-order valence-electron chi connectivity index (χ3n) is 4.64. The second-order valence-electron chi connectivity index (χ2n) is 9.15. The summed E-state index contributed by atoms with van der Waals surface area (Å²) in [7, 11) is 1.35. The van der Waals surface area contributed by atoms with Crippen molar-refractivity contribution in [2.24, 2.45) is 11.1 Å². The average molecular weight is 372 g/mol. The van der Waals surface area contributed by atoms with Gasteiger partial charge in [-0.3, -0.25) is 4.79 Å². The minimum Gasteiger partial charge on any atom is -0.507 e. The number of rotatable bonds is 3. The molecule has 0 saturated heterocycles. The van der Waals surface area contributed by atoms with E-state index in [0.29, 0.717) is 5.56 Å². The first-order valence-electron chi connectivity index (χ1n) is 8.36. The van der Waals surface area contributed by atoms with Crippen molar-refractivity contribution in [1.29, 1.82) is 0 Å². The highest BCUT2D eigenvalue weighted by molar-refractivity contribution is 5.85. The summed E-state index contributed by atoms with van der Waals surface area (Å²) in [6, 6.07) is 3.28. The molecule has 144 valence electrons. The Kier molecular flexibility index (Phi) is 7.17. The fourth-order valence-corrected chi connectivity index (χ4v) is 2.68. The fourth-order valence-electron chi connectivity index (χ4n) is 2.68. The maximum absolute atomic E-state index is 12.1. The first kappa shape index (κ1) is 23.7. The Balaban J connectivity index is 0.00000576. The molecular weight excluding hydrogens is 338 g/mol. The molecule has 0 radical (unpaired) electrons. The van der Waals surface area contributed by atoms with E-state index in [2.05, 4.69) is 41.5 Å². The summed E-state index contributed by atoms with van der Waals surface area (Å²) in [4.78, 5) is 12.1. The second kappa shape index (κ2) is 7.55. The number of phenolic OH excluding ortho intramolecular Hbond substituents is 1. The summed E-state index contributed by atoms with van der Waals surface area (Å²) in [6.07, 6.45) is 0. The van der Waals surface area contributed by atoms with Crippen molar-refractivity contribution >= 4 is 18.4 Å². The monoisotopic (exact) mass is 371 g/mol. The van der Waals surface area contributed by atoms with Gasteiger partial charge in [0, 0.05) is 11.6 Å². The SMILES string of the molecule is COC(=O)C(C)(C)[C@@H](N)c1cc(C(C)(C)C)cc(C(C)(C)C)c1O.Cl. The number of benzene rings is 1. The number of methoxy groups -OCH3 is 1. The van der Waals surface area contributed by atoms with Crippen LogP contribution in [0.5, 0.6) is 5.75 Å². The van der Waals surface area contributed by atoms with E-state index < -0.39 is 17.4 Å². The molecule has 0 amide bonds. The molecule has 3 N–H and O–H groups in total. The van der Waals surface area contributed by atoms with E-state index in [-0.39, 0.29) is 29.0 Å². The molecule has 0 aliphatic heterocycles. The molecular formula is C20H34ClNO3. The maximum Gasteiger partial charge on any atom is 0.313 e. The van der Waals surface area contributed by atoms with Crippen molar-refractivity contribution in [2.75, 3.05) is 7.11 Å². The number of halogens is 1. The lowest BCUT2D eigenvalue weighted by Gasteiger charge is -2.33. The molecule has 25 heavy (non-hydrogen) atoms. The zero-order valence-corrected chi connectivity index (χ0v) is 17.8. The van der Waals surface area contributed by atoms with Gasteiger partial charge < -0.3 is 15.6 Å². The van der Waals surface area contributed by atoms with E-state index in [1.54, 1.807) is 13.8 Å². The van der Waals surface area contributed by atoms with Gasteiger partial charge in [0.25, 0.3) is 0 Å². The molecule has 0 bridgehead atoms. The van der Waals surface area contributed by atoms with Crippen LogP contribution in [0.25, 0.3) is 0 Å². The molecule has 0 saturated carbocycles. The number of hydrogen-bond donors (Lipinski definition) is 2. The molecule has 0 fully saturated rings. The Morgan fingerprint density at radius 1 is 1.04 bits per heavy atom. The van der Waals surface area contributed by atoms with Crippen LogP contribution in [0.2, 0.25) is 0 Å². The van der Waals surface area contributed by atoms with E-state index in [4.69, 9.17) is 10.5 Å². The predicted molar refractivity (Wildman–Crippen MR) is 105 cm³/mol. The van der Waals surface area contributed by atoms with Crippen LogP contribution < -0.4 is 5.73 Å². The molecule has 0 aliphatic rings. The maximum atomic E-state index is 12.1. The van der Waals surface area contributed by atoms with Crippen molar-refractivity contribution in [3.05, 3.63) is 28.8 Å². The van der Waals surface area contributed by atoms with Gasteiger partial charge in [-0.05, 0) is 41.9 Å². The fraction of sp³-hybridized carbons (Fsp3) is 0.650. The molecule has 0 unspecified atom stereocenters. The van der Waals surface area contributed by atoms with Crippen molar-refractivity contribution < 1.29 is 14.6 Å². The molecule has 0 heterocycles. The molecule has 5 heteroatoms. The van der Waals surface area contributed by atoms with Gasteiger partial charge >= 0.3 is 5.97 Å². The largest absolute Gasteiger partial charge is 0.507 e. The Morgan fingerprint density at radius 2 is 1.52 bits per heavy atom. The van der Waals surface area contributed by atoms with Gasteiger partial charge in [-0.15, -0.1) is 12.4 Å². The first-order valence-corrected chi connectivity index (χ1v) is 8.36. The van der Waals surface area contributed by atoms with Crippen molar-refractivity contribution in [2.45, 2.75) is 72.3 Å². The standard InChI is InChI=1S/C20H33NO3.ClH/c1-18(2,3)12-10-13(15(22)14(11-12)19(4,5)6)16(21)20(7,8)17(23)24-9;/h10-11,16,22H,21H2,1-9H3;1H/t16-;/m0./s1. The Hall–Kier alpha value is -1.26. The van der Waals surface area contributed by atoms with Gasteiger partial charge in [0.2, 0.25) is 0 Å². The Morgan fingerprint density at radius 3 is 1.88 bits per heavy atom. The van der Waals surface area contributed by atoms with Crippen LogP contribution in [0.1, 0.15) is 78.1 Å². The van der Waals surface area contributed by atoms with Crippen LogP contribution in [-0.2, 0) is 20.4 Å². The molecule has 1 aromatic carbocycles.